The summed E-state index contributed by atoms with van der Waals surface area (Å²) < 4.78 is 5.61. The third kappa shape index (κ3) is 4.48. The number of likely N-dealkylation sites (tertiary alicyclic amines) is 2. The standard InChI is InChI=1S/C15H27N3O2.2ClH/c1-12-14(16-6-10-20-12)15(19)18-9-4-5-13(11-18)17-7-2-3-8-17;;/h12-14,16H,2-11H2,1H3;2*1H/t12-,13?,14+;;/m1../s1. The molecule has 0 aromatic heterocycles. The molecule has 0 radical (unpaired) electrons. The molecule has 3 aliphatic rings. The Morgan fingerprint density at radius 1 is 1.14 bits per heavy atom. The lowest BCUT2D eigenvalue weighted by Gasteiger charge is -2.40. The highest BCUT2D eigenvalue weighted by Gasteiger charge is 2.35. The van der Waals surface area contributed by atoms with Gasteiger partial charge in [-0.05, 0) is 45.7 Å². The molecule has 3 saturated heterocycles. The van der Waals surface area contributed by atoms with Gasteiger partial charge in [0.1, 0.15) is 6.04 Å². The van der Waals surface area contributed by atoms with Crippen molar-refractivity contribution in [1.29, 1.82) is 0 Å². The van der Waals surface area contributed by atoms with Gasteiger partial charge in [0.25, 0.3) is 0 Å². The molecule has 0 spiro atoms. The summed E-state index contributed by atoms with van der Waals surface area (Å²) >= 11 is 0. The van der Waals surface area contributed by atoms with E-state index < -0.39 is 0 Å². The van der Waals surface area contributed by atoms with E-state index in [1.54, 1.807) is 0 Å². The van der Waals surface area contributed by atoms with E-state index >= 15 is 0 Å². The average molecular weight is 354 g/mol. The topological polar surface area (TPSA) is 44.8 Å². The van der Waals surface area contributed by atoms with Gasteiger partial charge in [-0.25, -0.2) is 0 Å². The van der Waals surface area contributed by atoms with Crippen molar-refractivity contribution in [3.8, 4) is 0 Å². The van der Waals surface area contributed by atoms with Gasteiger partial charge in [0.05, 0.1) is 12.7 Å². The second-order valence-corrected chi connectivity index (χ2v) is 6.33. The Kier molecular flexibility index (Phi) is 8.43. The van der Waals surface area contributed by atoms with Gasteiger partial charge in [-0.15, -0.1) is 24.8 Å². The van der Waals surface area contributed by atoms with Gasteiger partial charge in [0, 0.05) is 25.7 Å². The van der Waals surface area contributed by atoms with Crippen molar-refractivity contribution in [2.45, 2.75) is 50.8 Å². The maximum atomic E-state index is 12.7. The number of piperidine rings is 1. The molecule has 3 atom stereocenters. The van der Waals surface area contributed by atoms with Crippen LogP contribution < -0.4 is 5.32 Å². The third-order valence-corrected chi connectivity index (χ3v) is 4.95. The van der Waals surface area contributed by atoms with Gasteiger partial charge in [-0.2, -0.15) is 0 Å². The van der Waals surface area contributed by atoms with E-state index in [-0.39, 0.29) is 42.9 Å². The highest BCUT2D eigenvalue weighted by atomic mass is 35.5. The van der Waals surface area contributed by atoms with Gasteiger partial charge in [-0.1, -0.05) is 0 Å². The molecule has 5 nitrogen and oxygen atoms in total. The first-order valence-electron chi connectivity index (χ1n) is 8.13. The van der Waals surface area contributed by atoms with Crippen LogP contribution in [0.2, 0.25) is 0 Å². The Morgan fingerprint density at radius 2 is 1.86 bits per heavy atom. The number of carbonyl (C=O) groups excluding carboxylic acids is 1. The largest absolute Gasteiger partial charge is 0.375 e. The minimum absolute atomic E-state index is 0. The fraction of sp³-hybridized carbons (Fsp3) is 0.933. The van der Waals surface area contributed by atoms with Crippen molar-refractivity contribution >= 4 is 30.7 Å². The molecule has 0 bridgehead atoms. The predicted octanol–water partition coefficient (Wildman–Crippen LogP) is 1.29. The van der Waals surface area contributed by atoms with Crippen LogP contribution in [0.3, 0.4) is 0 Å². The molecule has 3 rings (SSSR count). The predicted molar refractivity (Wildman–Crippen MR) is 92.1 cm³/mol. The number of ether oxygens (including phenoxy) is 1. The number of rotatable bonds is 2. The summed E-state index contributed by atoms with van der Waals surface area (Å²) in [4.78, 5) is 17.3. The van der Waals surface area contributed by atoms with Crippen molar-refractivity contribution in [1.82, 2.24) is 15.1 Å². The number of amides is 1. The summed E-state index contributed by atoms with van der Waals surface area (Å²) in [6, 6.07) is 0.427. The summed E-state index contributed by atoms with van der Waals surface area (Å²) in [5, 5.41) is 3.32. The fourth-order valence-corrected chi connectivity index (χ4v) is 3.77. The summed E-state index contributed by atoms with van der Waals surface area (Å²) in [5.74, 6) is 0.237. The zero-order valence-corrected chi connectivity index (χ0v) is 15.0. The molecule has 1 unspecified atom stereocenters. The van der Waals surface area contributed by atoms with E-state index in [2.05, 4.69) is 15.1 Å². The first-order valence-corrected chi connectivity index (χ1v) is 8.13. The van der Waals surface area contributed by atoms with Gasteiger partial charge >= 0.3 is 0 Å². The van der Waals surface area contributed by atoms with E-state index in [9.17, 15) is 4.79 Å². The molecular formula is C15H29Cl2N3O2. The van der Waals surface area contributed by atoms with Crippen LogP contribution in [-0.4, -0.2) is 73.2 Å². The highest BCUT2D eigenvalue weighted by Crippen LogP contribution is 2.21. The van der Waals surface area contributed by atoms with E-state index in [1.165, 1.54) is 32.4 Å². The molecule has 3 fully saturated rings. The van der Waals surface area contributed by atoms with Crippen molar-refractivity contribution in [3.05, 3.63) is 0 Å². The zero-order chi connectivity index (χ0) is 13.9. The lowest BCUT2D eigenvalue weighted by atomic mass is 10.0. The summed E-state index contributed by atoms with van der Waals surface area (Å²) in [5.41, 5.74) is 0. The van der Waals surface area contributed by atoms with Crippen molar-refractivity contribution < 1.29 is 9.53 Å². The molecule has 0 aromatic rings. The Hall–Kier alpha value is -0.0700. The van der Waals surface area contributed by atoms with Crippen LogP contribution in [0.4, 0.5) is 0 Å². The molecule has 1 amide bonds. The number of hydrogen-bond acceptors (Lipinski definition) is 4. The van der Waals surface area contributed by atoms with Gasteiger partial charge < -0.3 is 15.0 Å². The third-order valence-electron chi connectivity index (χ3n) is 4.95. The lowest BCUT2D eigenvalue weighted by Crippen LogP contribution is -2.59. The molecule has 22 heavy (non-hydrogen) atoms. The van der Waals surface area contributed by atoms with Crippen LogP contribution in [0.1, 0.15) is 32.6 Å². The number of hydrogen-bond donors (Lipinski definition) is 1. The average Bonchev–Trinajstić information content (AvgIpc) is 3.01. The molecule has 0 aliphatic carbocycles. The molecule has 3 aliphatic heterocycles. The fourth-order valence-electron chi connectivity index (χ4n) is 3.77. The molecule has 7 heteroatoms. The van der Waals surface area contributed by atoms with Crippen LogP contribution in [0.5, 0.6) is 0 Å². The number of morpholine rings is 1. The first kappa shape index (κ1) is 20.0. The number of nitrogens with zero attached hydrogens (tertiary/aromatic N) is 2. The van der Waals surface area contributed by atoms with Crippen LogP contribution in [0.25, 0.3) is 0 Å². The lowest BCUT2D eigenvalue weighted by molar-refractivity contribution is -0.141. The second kappa shape index (κ2) is 9.28. The van der Waals surface area contributed by atoms with Crippen molar-refractivity contribution in [2.75, 3.05) is 39.3 Å². The summed E-state index contributed by atoms with van der Waals surface area (Å²) in [7, 11) is 0. The van der Waals surface area contributed by atoms with Crippen LogP contribution in [0.15, 0.2) is 0 Å². The Morgan fingerprint density at radius 3 is 2.55 bits per heavy atom. The Balaban J connectivity index is 0.00000121. The normalized spacial score (nSPS) is 33.0. The maximum absolute atomic E-state index is 12.7. The zero-order valence-electron chi connectivity index (χ0n) is 13.3. The SMILES string of the molecule is C[C@H]1OCCN[C@@H]1C(=O)N1CCCC(N2CCCC2)C1.Cl.Cl. The monoisotopic (exact) mass is 353 g/mol. The summed E-state index contributed by atoms with van der Waals surface area (Å²) in [6.07, 6.45) is 5.00. The van der Waals surface area contributed by atoms with Crippen LogP contribution in [0, 0.1) is 0 Å². The molecule has 3 heterocycles. The number of carbonyl (C=O) groups is 1. The van der Waals surface area contributed by atoms with Gasteiger partial charge in [0.15, 0.2) is 0 Å². The minimum atomic E-state index is -0.152. The van der Waals surface area contributed by atoms with Gasteiger partial charge in [0.2, 0.25) is 5.91 Å². The highest BCUT2D eigenvalue weighted by molar-refractivity contribution is 5.85. The molecule has 1 N–H and O–H groups in total. The van der Waals surface area contributed by atoms with Crippen LogP contribution in [-0.2, 0) is 9.53 Å². The Labute approximate surface area is 145 Å². The molecule has 0 saturated carbocycles. The van der Waals surface area contributed by atoms with Crippen LogP contribution >= 0.6 is 24.8 Å². The van der Waals surface area contributed by atoms with Crippen molar-refractivity contribution in [3.63, 3.8) is 0 Å². The van der Waals surface area contributed by atoms with E-state index in [1.807, 2.05) is 6.92 Å². The quantitative estimate of drug-likeness (QED) is 0.812. The number of halogens is 2. The van der Waals surface area contributed by atoms with E-state index in [4.69, 9.17) is 4.74 Å². The smallest absolute Gasteiger partial charge is 0.242 e. The molecular weight excluding hydrogens is 325 g/mol. The second-order valence-electron chi connectivity index (χ2n) is 6.33. The molecule has 0 aromatic carbocycles. The first-order chi connectivity index (χ1) is 9.75. The summed E-state index contributed by atoms with van der Waals surface area (Å²) in [6.45, 7) is 7.74. The van der Waals surface area contributed by atoms with E-state index in [0.717, 1.165) is 26.1 Å². The Bertz CT molecular complexity index is 354. The van der Waals surface area contributed by atoms with E-state index in [0.29, 0.717) is 12.6 Å². The van der Waals surface area contributed by atoms with Gasteiger partial charge in [-0.3, -0.25) is 9.69 Å². The van der Waals surface area contributed by atoms with Crippen molar-refractivity contribution in [2.24, 2.45) is 0 Å². The number of nitrogens with one attached hydrogen (secondary N) is 1. The minimum Gasteiger partial charge on any atom is -0.375 e. The maximum Gasteiger partial charge on any atom is 0.242 e. The molecule has 130 valence electrons.